The molecule has 0 radical (unpaired) electrons. The first-order valence-electron chi connectivity index (χ1n) is 3.84. The molecule has 1 heterocycles. The van der Waals surface area contributed by atoms with Gasteiger partial charge in [0.2, 0.25) is 0 Å². The van der Waals surface area contributed by atoms with Gasteiger partial charge in [-0.3, -0.25) is 4.79 Å². The van der Waals surface area contributed by atoms with E-state index < -0.39 is 0 Å². The zero-order valence-electron chi connectivity index (χ0n) is 7.22. The average Bonchev–Trinajstić information content (AvgIpc) is 2.35. The van der Waals surface area contributed by atoms with Crippen molar-refractivity contribution in [3.8, 4) is 0 Å². The summed E-state index contributed by atoms with van der Waals surface area (Å²) >= 11 is 1.74. The normalized spacial score (nSPS) is 33.7. The van der Waals surface area contributed by atoms with Crippen LogP contribution < -0.4 is 0 Å². The van der Waals surface area contributed by atoms with Crippen LogP contribution in [0.3, 0.4) is 0 Å². The average molecular weight is 174 g/mol. The van der Waals surface area contributed by atoms with Crippen LogP contribution >= 0.6 is 11.8 Å². The Kier molecular flexibility index (Phi) is 2.60. The standard InChI is InChI=1S/C8H14O2S/c1-6(7(2)9)8(3)10-4-5-11-8/h6H,4-5H2,1-3H3. The summed E-state index contributed by atoms with van der Waals surface area (Å²) in [6.07, 6.45) is 0. The molecule has 1 saturated heterocycles. The lowest BCUT2D eigenvalue weighted by Crippen LogP contribution is -2.33. The maximum atomic E-state index is 11.0. The molecule has 0 aromatic carbocycles. The second-order valence-electron chi connectivity index (χ2n) is 3.05. The molecule has 0 bridgehead atoms. The quantitative estimate of drug-likeness (QED) is 0.637. The van der Waals surface area contributed by atoms with Gasteiger partial charge in [0.15, 0.2) is 0 Å². The van der Waals surface area contributed by atoms with Crippen molar-refractivity contribution in [2.75, 3.05) is 12.4 Å². The highest BCUT2D eigenvalue weighted by Gasteiger charge is 2.38. The van der Waals surface area contributed by atoms with Gasteiger partial charge in [0, 0.05) is 5.75 Å². The van der Waals surface area contributed by atoms with Crippen LogP contribution in [0.5, 0.6) is 0 Å². The Hall–Kier alpha value is -0.0200. The number of carbonyl (C=O) groups excluding carboxylic acids is 1. The molecule has 2 unspecified atom stereocenters. The van der Waals surface area contributed by atoms with E-state index in [4.69, 9.17) is 4.74 Å². The summed E-state index contributed by atoms with van der Waals surface area (Å²) in [4.78, 5) is 10.8. The molecule has 0 aromatic heterocycles. The monoisotopic (exact) mass is 174 g/mol. The molecule has 1 aliphatic heterocycles. The number of hydrogen-bond donors (Lipinski definition) is 0. The van der Waals surface area contributed by atoms with Gasteiger partial charge in [-0.2, -0.15) is 0 Å². The maximum Gasteiger partial charge on any atom is 0.136 e. The third kappa shape index (κ3) is 1.76. The molecule has 0 aliphatic carbocycles. The number of ether oxygens (including phenoxy) is 1. The smallest absolute Gasteiger partial charge is 0.136 e. The Balaban J connectivity index is 2.63. The van der Waals surface area contributed by atoms with Crippen molar-refractivity contribution < 1.29 is 9.53 Å². The Bertz CT molecular complexity index is 161. The minimum Gasteiger partial charge on any atom is -0.363 e. The van der Waals surface area contributed by atoms with E-state index in [-0.39, 0.29) is 16.6 Å². The third-order valence-electron chi connectivity index (χ3n) is 2.26. The summed E-state index contributed by atoms with van der Waals surface area (Å²) in [6, 6.07) is 0. The third-order valence-corrected chi connectivity index (χ3v) is 3.67. The summed E-state index contributed by atoms with van der Waals surface area (Å²) in [7, 11) is 0. The van der Waals surface area contributed by atoms with Gasteiger partial charge in [0.1, 0.15) is 10.7 Å². The molecule has 0 aromatic rings. The van der Waals surface area contributed by atoms with Crippen molar-refractivity contribution in [1.82, 2.24) is 0 Å². The zero-order chi connectivity index (χ0) is 8.48. The van der Waals surface area contributed by atoms with E-state index in [0.29, 0.717) is 0 Å². The summed E-state index contributed by atoms with van der Waals surface area (Å²) in [5.74, 6) is 1.23. The largest absolute Gasteiger partial charge is 0.363 e. The Morgan fingerprint density at radius 2 is 2.36 bits per heavy atom. The Morgan fingerprint density at radius 3 is 2.73 bits per heavy atom. The lowest BCUT2D eigenvalue weighted by atomic mass is 10.0. The highest BCUT2D eigenvalue weighted by Crippen LogP contribution is 2.39. The van der Waals surface area contributed by atoms with Crippen LogP contribution in [0.4, 0.5) is 0 Å². The van der Waals surface area contributed by atoms with E-state index in [0.717, 1.165) is 12.4 Å². The number of ketones is 1. The fourth-order valence-corrected chi connectivity index (χ4v) is 2.30. The van der Waals surface area contributed by atoms with Gasteiger partial charge in [-0.15, -0.1) is 11.8 Å². The summed E-state index contributed by atoms with van der Waals surface area (Å²) in [5, 5.41) is 0. The molecular formula is C8H14O2S. The molecule has 3 heteroatoms. The van der Waals surface area contributed by atoms with Crippen molar-refractivity contribution in [3.05, 3.63) is 0 Å². The van der Waals surface area contributed by atoms with E-state index in [1.54, 1.807) is 18.7 Å². The highest BCUT2D eigenvalue weighted by molar-refractivity contribution is 8.00. The van der Waals surface area contributed by atoms with Crippen molar-refractivity contribution >= 4 is 17.5 Å². The molecule has 0 N–H and O–H groups in total. The summed E-state index contributed by atoms with van der Waals surface area (Å²) in [6.45, 7) is 6.33. The molecule has 0 spiro atoms. The predicted octanol–water partition coefficient (Wildman–Crippen LogP) is 1.69. The first-order valence-corrected chi connectivity index (χ1v) is 4.83. The first-order chi connectivity index (χ1) is 5.06. The minimum atomic E-state index is -0.258. The molecule has 2 nitrogen and oxygen atoms in total. The van der Waals surface area contributed by atoms with Crippen LogP contribution in [0.1, 0.15) is 20.8 Å². The lowest BCUT2D eigenvalue weighted by Gasteiger charge is -2.27. The van der Waals surface area contributed by atoms with Crippen LogP contribution in [0.25, 0.3) is 0 Å². The van der Waals surface area contributed by atoms with Crippen LogP contribution in [0.2, 0.25) is 0 Å². The van der Waals surface area contributed by atoms with Crippen LogP contribution in [-0.2, 0) is 9.53 Å². The predicted molar refractivity (Wildman–Crippen MR) is 46.7 cm³/mol. The van der Waals surface area contributed by atoms with Crippen LogP contribution in [0.15, 0.2) is 0 Å². The van der Waals surface area contributed by atoms with Gasteiger partial charge in [0.25, 0.3) is 0 Å². The number of carbonyl (C=O) groups is 1. The maximum absolute atomic E-state index is 11.0. The first kappa shape index (κ1) is 9.07. The zero-order valence-corrected chi connectivity index (χ0v) is 8.03. The molecule has 2 atom stereocenters. The van der Waals surface area contributed by atoms with Gasteiger partial charge >= 0.3 is 0 Å². The molecule has 64 valence electrons. The second kappa shape index (κ2) is 3.15. The SMILES string of the molecule is CC(=O)C(C)C1(C)OCCS1. The van der Waals surface area contributed by atoms with Gasteiger partial charge in [-0.1, -0.05) is 6.92 Å². The van der Waals surface area contributed by atoms with Crippen LogP contribution in [0, 0.1) is 5.92 Å². The van der Waals surface area contributed by atoms with Crippen molar-refractivity contribution in [2.24, 2.45) is 5.92 Å². The molecule has 0 saturated carbocycles. The molecule has 0 amide bonds. The molecule has 1 aliphatic rings. The topological polar surface area (TPSA) is 26.3 Å². The minimum absolute atomic E-state index is 0.00926. The fraction of sp³-hybridized carbons (Fsp3) is 0.875. The lowest BCUT2D eigenvalue weighted by molar-refractivity contribution is -0.125. The van der Waals surface area contributed by atoms with Gasteiger partial charge in [-0.25, -0.2) is 0 Å². The van der Waals surface area contributed by atoms with Crippen LogP contribution in [-0.4, -0.2) is 23.1 Å². The van der Waals surface area contributed by atoms with E-state index in [1.165, 1.54) is 0 Å². The van der Waals surface area contributed by atoms with Crippen molar-refractivity contribution in [2.45, 2.75) is 25.7 Å². The highest BCUT2D eigenvalue weighted by atomic mass is 32.2. The number of thioether (sulfide) groups is 1. The second-order valence-corrected chi connectivity index (χ2v) is 4.55. The van der Waals surface area contributed by atoms with E-state index in [2.05, 4.69) is 0 Å². The Morgan fingerprint density at radius 1 is 1.73 bits per heavy atom. The van der Waals surface area contributed by atoms with Gasteiger partial charge < -0.3 is 4.74 Å². The fourth-order valence-electron chi connectivity index (χ4n) is 1.15. The number of rotatable bonds is 2. The van der Waals surface area contributed by atoms with E-state index in [1.807, 2.05) is 13.8 Å². The number of hydrogen-bond acceptors (Lipinski definition) is 3. The van der Waals surface area contributed by atoms with Crippen molar-refractivity contribution in [3.63, 3.8) is 0 Å². The van der Waals surface area contributed by atoms with Gasteiger partial charge in [-0.05, 0) is 13.8 Å². The molecular weight excluding hydrogens is 160 g/mol. The molecule has 11 heavy (non-hydrogen) atoms. The van der Waals surface area contributed by atoms with E-state index in [9.17, 15) is 4.79 Å². The van der Waals surface area contributed by atoms with Crippen molar-refractivity contribution in [1.29, 1.82) is 0 Å². The van der Waals surface area contributed by atoms with E-state index >= 15 is 0 Å². The number of Topliss-reactive ketones (excluding diaryl/α,β-unsaturated/α-hetero) is 1. The Labute approximate surface area is 71.7 Å². The molecule has 1 fully saturated rings. The summed E-state index contributed by atoms with van der Waals surface area (Å²) < 4.78 is 5.51. The molecule has 1 rings (SSSR count). The summed E-state index contributed by atoms with van der Waals surface area (Å²) in [5.41, 5.74) is 0. The van der Waals surface area contributed by atoms with Gasteiger partial charge in [0.05, 0.1) is 12.5 Å².